The van der Waals surface area contributed by atoms with Crippen LogP contribution < -0.4 is 5.32 Å². The van der Waals surface area contributed by atoms with Crippen molar-refractivity contribution in [1.29, 1.82) is 0 Å². The van der Waals surface area contributed by atoms with E-state index in [9.17, 15) is 4.39 Å². The quantitative estimate of drug-likeness (QED) is 0.941. The molecule has 0 aliphatic carbocycles. The third-order valence-corrected chi connectivity index (χ3v) is 3.43. The molecule has 2 aromatic rings. The molecule has 84 valence electrons. The molecule has 1 unspecified atom stereocenters. The predicted molar refractivity (Wildman–Crippen MR) is 66.0 cm³/mol. The fraction of sp³-hybridized carbons (Fsp3) is 0.200. The molecular formula is C10H9BrFN3S. The maximum absolute atomic E-state index is 12.9. The molecule has 0 saturated heterocycles. The first-order valence-corrected chi connectivity index (χ1v) is 6.22. The van der Waals surface area contributed by atoms with Gasteiger partial charge in [-0.3, -0.25) is 0 Å². The van der Waals surface area contributed by atoms with E-state index in [1.165, 1.54) is 23.7 Å². The Bertz CT molecular complexity index is 475. The van der Waals surface area contributed by atoms with E-state index in [2.05, 4.69) is 30.8 Å². The highest BCUT2D eigenvalue weighted by Crippen LogP contribution is 2.27. The molecule has 3 nitrogen and oxygen atoms in total. The van der Waals surface area contributed by atoms with Gasteiger partial charge in [-0.05, 0) is 24.6 Å². The largest absolute Gasteiger partial charge is 0.368 e. The molecule has 0 saturated carbocycles. The van der Waals surface area contributed by atoms with E-state index in [-0.39, 0.29) is 11.9 Å². The van der Waals surface area contributed by atoms with Gasteiger partial charge in [-0.15, -0.1) is 5.10 Å². The maximum Gasteiger partial charge on any atom is 0.130 e. The molecule has 0 spiro atoms. The topological polar surface area (TPSA) is 37.8 Å². The van der Waals surface area contributed by atoms with Crippen LogP contribution in [-0.2, 0) is 0 Å². The Morgan fingerprint density at radius 3 is 2.94 bits per heavy atom. The molecule has 0 aliphatic rings. The lowest BCUT2D eigenvalue weighted by Crippen LogP contribution is -2.06. The molecule has 1 atom stereocenters. The van der Waals surface area contributed by atoms with Gasteiger partial charge >= 0.3 is 0 Å². The summed E-state index contributed by atoms with van der Waals surface area (Å²) >= 11 is 4.64. The van der Waals surface area contributed by atoms with E-state index in [1.807, 2.05) is 6.92 Å². The fourth-order valence-electron chi connectivity index (χ4n) is 1.37. The number of hydrogen-bond acceptors (Lipinski definition) is 4. The molecule has 0 radical (unpaired) electrons. The predicted octanol–water partition coefficient (Wildman–Crippen LogP) is 3.61. The summed E-state index contributed by atoms with van der Waals surface area (Å²) in [6, 6.07) is 4.73. The number of rotatable bonds is 3. The van der Waals surface area contributed by atoms with Crippen molar-refractivity contribution in [1.82, 2.24) is 9.59 Å². The first kappa shape index (κ1) is 11.5. The number of anilines is 1. The van der Waals surface area contributed by atoms with Gasteiger partial charge in [0.15, 0.2) is 0 Å². The van der Waals surface area contributed by atoms with Gasteiger partial charge in [-0.25, -0.2) is 4.39 Å². The van der Waals surface area contributed by atoms with Crippen molar-refractivity contribution in [2.75, 3.05) is 5.32 Å². The van der Waals surface area contributed by atoms with E-state index >= 15 is 0 Å². The van der Waals surface area contributed by atoms with Crippen LogP contribution in [0.3, 0.4) is 0 Å². The molecule has 16 heavy (non-hydrogen) atoms. The van der Waals surface area contributed by atoms with Gasteiger partial charge in [0.1, 0.15) is 10.8 Å². The molecule has 0 aliphatic heterocycles. The monoisotopic (exact) mass is 301 g/mol. The second-order valence-corrected chi connectivity index (χ2v) is 4.95. The van der Waals surface area contributed by atoms with Crippen LogP contribution in [0.5, 0.6) is 0 Å². The van der Waals surface area contributed by atoms with Crippen LogP contribution >= 0.6 is 27.5 Å². The lowest BCUT2D eigenvalue weighted by molar-refractivity contribution is 0.625. The highest BCUT2D eigenvalue weighted by molar-refractivity contribution is 9.10. The smallest absolute Gasteiger partial charge is 0.130 e. The summed E-state index contributed by atoms with van der Waals surface area (Å²) < 4.78 is 17.4. The Morgan fingerprint density at radius 1 is 1.50 bits per heavy atom. The third-order valence-electron chi connectivity index (χ3n) is 2.15. The normalized spacial score (nSPS) is 12.4. The van der Waals surface area contributed by atoms with Crippen molar-refractivity contribution in [2.45, 2.75) is 13.0 Å². The summed E-state index contributed by atoms with van der Waals surface area (Å²) in [6.07, 6.45) is 1.67. The second-order valence-electron chi connectivity index (χ2n) is 3.31. The standard InChI is InChI=1S/C10H9BrFN3S/c1-6(14-10-5-13-15-16-10)8-3-2-7(12)4-9(8)11/h2-6,14H,1H3. The molecule has 0 amide bonds. The van der Waals surface area contributed by atoms with Crippen LogP contribution in [0.4, 0.5) is 9.39 Å². The maximum atomic E-state index is 12.9. The zero-order valence-corrected chi connectivity index (χ0v) is 10.8. The zero-order valence-electron chi connectivity index (χ0n) is 8.45. The number of nitrogens with one attached hydrogen (secondary N) is 1. The average Bonchev–Trinajstić information content (AvgIpc) is 2.70. The average molecular weight is 302 g/mol. The van der Waals surface area contributed by atoms with Gasteiger partial charge in [0.2, 0.25) is 0 Å². The van der Waals surface area contributed by atoms with Crippen molar-refractivity contribution < 1.29 is 4.39 Å². The van der Waals surface area contributed by atoms with E-state index in [0.29, 0.717) is 0 Å². The van der Waals surface area contributed by atoms with Crippen molar-refractivity contribution >= 4 is 32.5 Å². The molecule has 1 heterocycles. The van der Waals surface area contributed by atoms with E-state index < -0.39 is 0 Å². The highest BCUT2D eigenvalue weighted by atomic mass is 79.9. The van der Waals surface area contributed by atoms with Crippen LogP contribution in [0, 0.1) is 5.82 Å². The van der Waals surface area contributed by atoms with Crippen molar-refractivity contribution in [3.63, 3.8) is 0 Å². The van der Waals surface area contributed by atoms with Crippen LogP contribution in [0.1, 0.15) is 18.5 Å². The van der Waals surface area contributed by atoms with E-state index in [4.69, 9.17) is 0 Å². The first-order valence-electron chi connectivity index (χ1n) is 4.65. The number of nitrogens with zero attached hydrogens (tertiary/aromatic N) is 2. The van der Waals surface area contributed by atoms with Gasteiger partial charge in [0.05, 0.1) is 12.2 Å². The van der Waals surface area contributed by atoms with Crippen molar-refractivity contribution in [3.05, 3.63) is 40.2 Å². The Kier molecular flexibility index (Phi) is 3.50. The van der Waals surface area contributed by atoms with Gasteiger partial charge in [-0.2, -0.15) is 0 Å². The van der Waals surface area contributed by atoms with Crippen molar-refractivity contribution in [2.24, 2.45) is 0 Å². The number of aromatic nitrogens is 2. The zero-order chi connectivity index (χ0) is 11.5. The van der Waals surface area contributed by atoms with Crippen LogP contribution in [-0.4, -0.2) is 9.59 Å². The summed E-state index contributed by atoms with van der Waals surface area (Å²) in [7, 11) is 0. The number of hydrogen-bond donors (Lipinski definition) is 1. The molecule has 6 heteroatoms. The summed E-state index contributed by atoms with van der Waals surface area (Å²) in [5.74, 6) is -0.248. The molecule has 0 bridgehead atoms. The molecule has 1 aromatic carbocycles. The summed E-state index contributed by atoms with van der Waals surface area (Å²) in [5, 5.41) is 7.87. The molecule has 2 rings (SSSR count). The molecule has 1 aromatic heterocycles. The fourth-order valence-corrected chi connectivity index (χ4v) is 2.57. The Labute approximate surface area is 105 Å². The van der Waals surface area contributed by atoms with Gasteiger partial charge in [0.25, 0.3) is 0 Å². The van der Waals surface area contributed by atoms with E-state index in [1.54, 1.807) is 12.3 Å². The Balaban J connectivity index is 2.17. The minimum atomic E-state index is -0.248. The van der Waals surface area contributed by atoms with Gasteiger partial charge in [0, 0.05) is 16.0 Å². The van der Waals surface area contributed by atoms with Crippen LogP contribution in [0.25, 0.3) is 0 Å². The second kappa shape index (κ2) is 4.88. The number of halogens is 2. The number of benzene rings is 1. The lowest BCUT2D eigenvalue weighted by atomic mass is 10.1. The van der Waals surface area contributed by atoms with Crippen molar-refractivity contribution in [3.8, 4) is 0 Å². The van der Waals surface area contributed by atoms with Crippen LogP contribution in [0.15, 0.2) is 28.9 Å². The van der Waals surface area contributed by atoms with E-state index in [0.717, 1.165) is 15.0 Å². The SMILES string of the molecule is CC(Nc1cnns1)c1ccc(F)cc1Br. The highest BCUT2D eigenvalue weighted by Gasteiger charge is 2.10. The molecule has 0 fully saturated rings. The van der Waals surface area contributed by atoms with Gasteiger partial charge in [-0.1, -0.05) is 26.5 Å². The summed E-state index contributed by atoms with van der Waals surface area (Å²) in [4.78, 5) is 0. The Morgan fingerprint density at radius 2 is 2.31 bits per heavy atom. The minimum Gasteiger partial charge on any atom is -0.368 e. The molecule has 1 N–H and O–H groups in total. The molecular weight excluding hydrogens is 293 g/mol. The lowest BCUT2D eigenvalue weighted by Gasteiger charge is -2.15. The summed E-state index contributed by atoms with van der Waals surface area (Å²) in [6.45, 7) is 2.00. The minimum absolute atomic E-state index is 0.0669. The Hall–Kier alpha value is -1.01. The summed E-state index contributed by atoms with van der Waals surface area (Å²) in [5.41, 5.74) is 0.995. The van der Waals surface area contributed by atoms with Crippen LogP contribution in [0.2, 0.25) is 0 Å². The third kappa shape index (κ3) is 2.56. The van der Waals surface area contributed by atoms with Gasteiger partial charge < -0.3 is 5.32 Å². The first-order chi connectivity index (χ1) is 7.66.